The van der Waals surface area contributed by atoms with Crippen LogP contribution in [0.1, 0.15) is 43.6 Å². The Kier molecular flexibility index (Phi) is 6.50. The van der Waals surface area contributed by atoms with E-state index in [0.29, 0.717) is 0 Å². The molecule has 0 spiro atoms. The highest BCUT2D eigenvalue weighted by molar-refractivity contribution is 5.85. The Bertz CT molecular complexity index is 263. The predicted molar refractivity (Wildman–Crippen MR) is 62.7 cm³/mol. The van der Waals surface area contributed by atoms with E-state index in [1.165, 1.54) is 12.8 Å². The van der Waals surface area contributed by atoms with Gasteiger partial charge in [0.15, 0.2) is 0 Å². The molecule has 1 aromatic rings. The van der Waals surface area contributed by atoms with Crippen LogP contribution < -0.4 is 5.73 Å². The van der Waals surface area contributed by atoms with Crippen LogP contribution in [0.2, 0.25) is 0 Å². The second kappa shape index (κ2) is 6.80. The molecule has 2 N–H and O–H groups in total. The topological polar surface area (TPSA) is 38.9 Å². The molecule has 1 rings (SSSR count). The fourth-order valence-electron chi connectivity index (χ4n) is 1.34. The van der Waals surface area contributed by atoms with E-state index in [9.17, 15) is 0 Å². The molecule has 0 fully saturated rings. The van der Waals surface area contributed by atoms with Crippen LogP contribution in [0.15, 0.2) is 18.2 Å². The maximum atomic E-state index is 5.99. The molecule has 1 heterocycles. The molecule has 3 heteroatoms. The predicted octanol–water partition coefficient (Wildman–Crippen LogP) is 3.00. The summed E-state index contributed by atoms with van der Waals surface area (Å²) in [5.74, 6) is 0. The third kappa shape index (κ3) is 4.07. The molecule has 14 heavy (non-hydrogen) atoms. The maximum Gasteiger partial charge on any atom is 0.0574 e. The number of unbranched alkanes of at least 4 members (excludes halogenated alkanes) is 1. The number of hydrogen-bond donors (Lipinski definition) is 1. The van der Waals surface area contributed by atoms with Crippen LogP contribution in [0.4, 0.5) is 0 Å². The summed E-state index contributed by atoms with van der Waals surface area (Å²) >= 11 is 0. The van der Waals surface area contributed by atoms with Gasteiger partial charge < -0.3 is 5.73 Å². The molecule has 0 aliphatic rings. The van der Waals surface area contributed by atoms with Crippen molar-refractivity contribution in [3.05, 3.63) is 29.6 Å². The van der Waals surface area contributed by atoms with Crippen molar-refractivity contribution in [3.8, 4) is 0 Å². The van der Waals surface area contributed by atoms with Gasteiger partial charge in [0.2, 0.25) is 0 Å². The number of aromatic nitrogens is 1. The molecule has 1 aromatic heterocycles. The monoisotopic (exact) mass is 214 g/mol. The first-order valence-corrected chi connectivity index (χ1v) is 4.93. The SMILES string of the molecule is CCCC[C@H](N)c1cccc(C)n1.Cl. The van der Waals surface area contributed by atoms with Crippen molar-refractivity contribution in [3.63, 3.8) is 0 Å². The molecule has 0 amide bonds. The molecule has 80 valence electrons. The fourth-order valence-corrected chi connectivity index (χ4v) is 1.34. The smallest absolute Gasteiger partial charge is 0.0574 e. The maximum absolute atomic E-state index is 5.99. The summed E-state index contributed by atoms with van der Waals surface area (Å²) in [5.41, 5.74) is 8.05. The van der Waals surface area contributed by atoms with Crippen molar-refractivity contribution < 1.29 is 0 Å². The minimum absolute atomic E-state index is 0. The molecule has 0 bridgehead atoms. The average molecular weight is 215 g/mol. The number of rotatable bonds is 4. The van der Waals surface area contributed by atoms with Gasteiger partial charge in [-0.05, 0) is 25.5 Å². The highest BCUT2D eigenvalue weighted by atomic mass is 35.5. The van der Waals surface area contributed by atoms with Gasteiger partial charge in [-0.2, -0.15) is 0 Å². The zero-order chi connectivity index (χ0) is 9.68. The van der Waals surface area contributed by atoms with Crippen LogP contribution >= 0.6 is 12.4 Å². The van der Waals surface area contributed by atoms with Crippen molar-refractivity contribution >= 4 is 12.4 Å². The van der Waals surface area contributed by atoms with Crippen molar-refractivity contribution in [1.29, 1.82) is 0 Å². The average Bonchev–Trinajstić information content (AvgIpc) is 2.14. The lowest BCUT2D eigenvalue weighted by molar-refractivity contribution is 0.589. The summed E-state index contributed by atoms with van der Waals surface area (Å²) < 4.78 is 0. The molecule has 1 atom stereocenters. The van der Waals surface area contributed by atoms with Crippen LogP contribution in [-0.4, -0.2) is 4.98 Å². The molecule has 0 unspecified atom stereocenters. The van der Waals surface area contributed by atoms with Gasteiger partial charge in [-0.3, -0.25) is 4.98 Å². The van der Waals surface area contributed by atoms with E-state index in [-0.39, 0.29) is 18.4 Å². The zero-order valence-electron chi connectivity index (χ0n) is 8.86. The summed E-state index contributed by atoms with van der Waals surface area (Å²) in [6.07, 6.45) is 3.41. The Labute approximate surface area is 92.3 Å². The van der Waals surface area contributed by atoms with Crippen molar-refractivity contribution in [2.75, 3.05) is 0 Å². The Hall–Kier alpha value is -0.600. The lowest BCUT2D eigenvalue weighted by atomic mass is 10.1. The van der Waals surface area contributed by atoms with Gasteiger partial charge in [0.25, 0.3) is 0 Å². The van der Waals surface area contributed by atoms with Crippen LogP contribution in [0.5, 0.6) is 0 Å². The number of nitrogens with zero attached hydrogens (tertiary/aromatic N) is 1. The molecule has 0 aliphatic heterocycles. The lowest BCUT2D eigenvalue weighted by Crippen LogP contribution is -2.12. The third-order valence-electron chi connectivity index (χ3n) is 2.16. The summed E-state index contributed by atoms with van der Waals surface area (Å²) in [6, 6.07) is 6.13. The second-order valence-electron chi connectivity index (χ2n) is 3.45. The second-order valence-corrected chi connectivity index (χ2v) is 3.45. The number of pyridine rings is 1. The van der Waals surface area contributed by atoms with E-state index in [2.05, 4.69) is 11.9 Å². The van der Waals surface area contributed by atoms with Gasteiger partial charge in [-0.15, -0.1) is 12.4 Å². The Morgan fingerprint density at radius 1 is 1.43 bits per heavy atom. The number of nitrogens with two attached hydrogens (primary N) is 1. The van der Waals surface area contributed by atoms with E-state index in [1.807, 2.05) is 25.1 Å². The van der Waals surface area contributed by atoms with Crippen LogP contribution in [-0.2, 0) is 0 Å². The summed E-state index contributed by atoms with van der Waals surface area (Å²) in [4.78, 5) is 4.40. The standard InChI is InChI=1S/C11H18N2.ClH/c1-3-4-7-10(12)11-8-5-6-9(2)13-11;/h5-6,8,10H,3-4,7,12H2,1-2H3;1H/t10-;/m0./s1. The fraction of sp³-hybridized carbons (Fsp3) is 0.545. The van der Waals surface area contributed by atoms with Crippen LogP contribution in [0.3, 0.4) is 0 Å². The normalized spacial score (nSPS) is 11.9. The van der Waals surface area contributed by atoms with Crippen molar-refractivity contribution in [2.45, 2.75) is 39.2 Å². The minimum Gasteiger partial charge on any atom is -0.323 e. The molecule has 0 aromatic carbocycles. The number of halogens is 1. The molecular weight excluding hydrogens is 196 g/mol. The van der Waals surface area contributed by atoms with Gasteiger partial charge >= 0.3 is 0 Å². The first kappa shape index (κ1) is 13.4. The Morgan fingerprint density at radius 3 is 2.71 bits per heavy atom. The van der Waals surface area contributed by atoms with E-state index in [4.69, 9.17) is 5.73 Å². The van der Waals surface area contributed by atoms with Gasteiger partial charge in [0, 0.05) is 11.7 Å². The molecule has 0 saturated carbocycles. The van der Waals surface area contributed by atoms with Gasteiger partial charge in [-0.1, -0.05) is 25.8 Å². The number of hydrogen-bond acceptors (Lipinski definition) is 2. The van der Waals surface area contributed by atoms with Gasteiger partial charge in [0.1, 0.15) is 0 Å². The van der Waals surface area contributed by atoms with Crippen molar-refractivity contribution in [1.82, 2.24) is 4.98 Å². The highest BCUT2D eigenvalue weighted by Gasteiger charge is 2.05. The van der Waals surface area contributed by atoms with Gasteiger partial charge in [0.05, 0.1) is 5.69 Å². The Balaban J connectivity index is 0.00000169. The Morgan fingerprint density at radius 2 is 2.14 bits per heavy atom. The number of aryl methyl sites for hydroxylation is 1. The molecule has 0 aliphatic carbocycles. The van der Waals surface area contributed by atoms with Crippen molar-refractivity contribution in [2.24, 2.45) is 5.73 Å². The summed E-state index contributed by atoms with van der Waals surface area (Å²) in [6.45, 7) is 4.17. The van der Waals surface area contributed by atoms with Crippen LogP contribution in [0, 0.1) is 6.92 Å². The van der Waals surface area contributed by atoms with E-state index in [1.54, 1.807) is 0 Å². The summed E-state index contributed by atoms with van der Waals surface area (Å²) in [5, 5.41) is 0. The molecule has 0 saturated heterocycles. The minimum atomic E-state index is 0. The van der Waals surface area contributed by atoms with Gasteiger partial charge in [-0.25, -0.2) is 0 Å². The van der Waals surface area contributed by atoms with E-state index >= 15 is 0 Å². The lowest BCUT2D eigenvalue weighted by Gasteiger charge is -2.10. The quantitative estimate of drug-likeness (QED) is 0.837. The molecular formula is C11H19ClN2. The van der Waals surface area contributed by atoms with Crippen LogP contribution in [0.25, 0.3) is 0 Å². The molecule has 0 radical (unpaired) electrons. The van der Waals surface area contributed by atoms with E-state index < -0.39 is 0 Å². The van der Waals surface area contributed by atoms with E-state index in [0.717, 1.165) is 17.8 Å². The first-order valence-electron chi connectivity index (χ1n) is 4.93. The zero-order valence-corrected chi connectivity index (χ0v) is 9.68. The first-order chi connectivity index (χ1) is 6.24. The molecule has 2 nitrogen and oxygen atoms in total. The summed E-state index contributed by atoms with van der Waals surface area (Å²) in [7, 11) is 0. The third-order valence-corrected chi connectivity index (χ3v) is 2.16. The highest BCUT2D eigenvalue weighted by Crippen LogP contribution is 2.14. The largest absolute Gasteiger partial charge is 0.323 e.